The van der Waals surface area contributed by atoms with Gasteiger partial charge in [0.25, 0.3) is 11.8 Å². The Morgan fingerprint density at radius 2 is 0.904 bits per heavy atom. The highest BCUT2D eigenvalue weighted by molar-refractivity contribution is 8.16. The van der Waals surface area contributed by atoms with Crippen LogP contribution in [0.3, 0.4) is 0 Å². The quantitative estimate of drug-likeness (QED) is 0.110. The molecular weight excluding hydrogens is 989 g/mol. The summed E-state index contributed by atoms with van der Waals surface area (Å²) in [7, 11) is 0. The maximum Gasteiger partial charge on any atom is 0.328 e. The number of rotatable bonds is 6. The van der Waals surface area contributed by atoms with Gasteiger partial charge in [0.1, 0.15) is 72.9 Å². The highest BCUT2D eigenvalue weighted by atomic mass is 32.2. The van der Waals surface area contributed by atoms with Crippen molar-refractivity contribution >= 4 is 105 Å². The molecule has 8 atom stereocenters. The molecule has 8 N–H and O–H groups in total. The number of para-hydroxylation sites is 4. The first kappa shape index (κ1) is 54.8. The van der Waals surface area contributed by atoms with Crippen molar-refractivity contribution in [2.24, 2.45) is 11.8 Å². The van der Waals surface area contributed by atoms with Crippen molar-refractivity contribution in [1.82, 2.24) is 62.5 Å². The number of esters is 2. The summed E-state index contributed by atoms with van der Waals surface area (Å²) >= 11 is 2.31. The van der Waals surface area contributed by atoms with E-state index in [0.29, 0.717) is 22.1 Å². The SMILES string of the molecule is CC1NC(=O)C(NC(=O)c2cnc3ccccc3n2)COC(=O)C(C(C)C)NC(=O)C2CSCSCC(NC1=O)C(=O)NC(C(C)C)C(=O)OCC(NC(=O)c1cnc3ccccc3n1)C(=O)NC(C)C(=O)N2. The lowest BCUT2D eigenvalue weighted by atomic mass is 10.0. The summed E-state index contributed by atoms with van der Waals surface area (Å²) < 4.78 is 11.1. The Balaban J connectivity index is 1.32. The molecule has 2 aromatic carbocycles. The van der Waals surface area contributed by atoms with Crippen molar-refractivity contribution in [1.29, 1.82) is 0 Å². The molecule has 2 aliphatic heterocycles. The van der Waals surface area contributed by atoms with Gasteiger partial charge in [0.15, 0.2) is 0 Å². The summed E-state index contributed by atoms with van der Waals surface area (Å²) in [4.78, 5) is 156. The summed E-state index contributed by atoms with van der Waals surface area (Å²) in [6.07, 6.45) is 2.38. The van der Waals surface area contributed by atoms with Crippen LogP contribution in [0.25, 0.3) is 22.1 Å². The summed E-state index contributed by atoms with van der Waals surface area (Å²) in [6.45, 7) is 7.44. The number of aromatic nitrogens is 4. The minimum atomic E-state index is -1.66. The van der Waals surface area contributed by atoms with E-state index in [1.54, 1.807) is 76.2 Å². The molecule has 6 rings (SSSR count). The highest BCUT2D eigenvalue weighted by Gasteiger charge is 2.37. The number of ether oxygens (including phenoxy) is 2. The molecule has 2 bridgehead atoms. The van der Waals surface area contributed by atoms with E-state index in [-0.39, 0.29) is 28.0 Å². The van der Waals surface area contributed by atoms with Crippen LogP contribution in [-0.4, -0.2) is 157 Å². The minimum Gasteiger partial charge on any atom is -0.461 e. The molecule has 4 aromatic rings. The van der Waals surface area contributed by atoms with Gasteiger partial charge >= 0.3 is 11.9 Å². The molecule has 388 valence electrons. The fraction of sp³-hybridized carbons (Fsp3) is 0.447. The number of carbonyl (C=O) groups excluding carboxylic acids is 10. The number of fused-ring (bicyclic) bond motifs is 8. The molecule has 0 radical (unpaired) electrons. The number of nitrogens with one attached hydrogen (secondary N) is 8. The van der Waals surface area contributed by atoms with Gasteiger partial charge in [0.05, 0.1) is 34.5 Å². The first-order chi connectivity index (χ1) is 34.8. The molecule has 26 heteroatoms. The smallest absolute Gasteiger partial charge is 0.328 e. The lowest BCUT2D eigenvalue weighted by molar-refractivity contribution is -0.152. The number of thioether (sulfide) groups is 2. The maximum atomic E-state index is 14.1. The molecule has 73 heavy (non-hydrogen) atoms. The number of carbonyl (C=O) groups is 10. The van der Waals surface area contributed by atoms with E-state index < -0.39 is 133 Å². The average Bonchev–Trinajstić information content (AvgIpc) is 3.36. The van der Waals surface area contributed by atoms with Crippen LogP contribution < -0.4 is 42.5 Å². The Kier molecular flexibility index (Phi) is 19.0. The lowest BCUT2D eigenvalue weighted by Crippen LogP contribution is -2.60. The van der Waals surface area contributed by atoms with Crippen LogP contribution in [0.4, 0.5) is 0 Å². The number of cyclic esters (lactones) is 2. The second-order valence-corrected chi connectivity index (χ2v) is 20.1. The molecule has 8 unspecified atom stereocenters. The van der Waals surface area contributed by atoms with Crippen molar-refractivity contribution in [3.63, 3.8) is 0 Å². The van der Waals surface area contributed by atoms with E-state index in [9.17, 15) is 47.9 Å². The number of hydrogen-bond donors (Lipinski definition) is 8. The molecule has 2 fully saturated rings. The van der Waals surface area contributed by atoms with Crippen molar-refractivity contribution < 1.29 is 57.4 Å². The predicted octanol–water partition coefficient (Wildman–Crippen LogP) is -0.732. The first-order valence-electron chi connectivity index (χ1n) is 23.2. The molecule has 24 nitrogen and oxygen atoms in total. The average molecular weight is 1050 g/mol. The molecule has 4 heterocycles. The van der Waals surface area contributed by atoms with E-state index >= 15 is 0 Å². The normalized spacial score (nSPS) is 24.8. The Bertz CT molecular complexity index is 2580. The first-order valence-corrected chi connectivity index (χ1v) is 25.5. The lowest BCUT2D eigenvalue weighted by Gasteiger charge is -2.27. The fourth-order valence-electron chi connectivity index (χ4n) is 7.09. The van der Waals surface area contributed by atoms with Crippen LogP contribution in [0.15, 0.2) is 60.9 Å². The van der Waals surface area contributed by atoms with Crippen molar-refractivity contribution in [2.45, 2.75) is 89.9 Å². The molecule has 2 aliphatic rings. The Morgan fingerprint density at radius 1 is 0.534 bits per heavy atom. The predicted molar refractivity (Wildman–Crippen MR) is 266 cm³/mol. The van der Waals surface area contributed by atoms with Crippen molar-refractivity contribution in [2.75, 3.05) is 29.8 Å². The standard InChI is InChI=1S/C47H56N12O12S2/c1-22(2)36-46(68)70-17-32(54-40(62)30-15-48-26-11-7-9-13-28(26)52-30)42(64)50-25(6)39(61)57-35-20-73-21-72-19-34(44(66)58-36)56-38(60)24(5)51-43(65)33(18-71-47(69)37(23(3)4)59-45(35)67)55-41(63)31-16-49-27-12-8-10-14-29(27)53-31/h7-16,22-25,32-37H,17-21H2,1-6H3,(H,50,64)(H,51,65)(H,54,62)(H,55,63)(H,56,60)(H,57,61)(H,58,66)(H,59,67). The van der Waals surface area contributed by atoms with Gasteiger partial charge in [-0.2, -0.15) is 0 Å². The molecular formula is C47H56N12O12S2. The summed E-state index contributed by atoms with van der Waals surface area (Å²) in [5.74, 6) is -10.7. The summed E-state index contributed by atoms with van der Waals surface area (Å²) in [5.41, 5.74) is 1.35. The van der Waals surface area contributed by atoms with Gasteiger partial charge in [-0.25, -0.2) is 19.6 Å². The van der Waals surface area contributed by atoms with Crippen LogP contribution in [0.5, 0.6) is 0 Å². The number of hydrogen-bond acceptors (Lipinski definition) is 18. The molecule has 0 saturated carbocycles. The van der Waals surface area contributed by atoms with Gasteiger partial charge in [0, 0.05) is 16.6 Å². The zero-order chi connectivity index (χ0) is 52.9. The van der Waals surface area contributed by atoms with Gasteiger partial charge in [-0.15, -0.1) is 23.5 Å². The number of benzene rings is 2. The third-order valence-electron chi connectivity index (χ3n) is 11.3. The molecule has 8 amide bonds. The molecule has 2 aromatic heterocycles. The third kappa shape index (κ3) is 14.8. The van der Waals surface area contributed by atoms with E-state index in [4.69, 9.17) is 9.47 Å². The monoisotopic (exact) mass is 1040 g/mol. The van der Waals surface area contributed by atoms with Crippen molar-refractivity contribution in [3.05, 3.63) is 72.3 Å². The van der Waals surface area contributed by atoms with Gasteiger partial charge in [-0.1, -0.05) is 52.0 Å². The number of amides is 8. The Hall–Kier alpha value is -7.48. The molecule has 0 spiro atoms. The zero-order valence-corrected chi connectivity index (χ0v) is 42.2. The van der Waals surface area contributed by atoms with Gasteiger partial charge in [0.2, 0.25) is 35.4 Å². The van der Waals surface area contributed by atoms with Crippen LogP contribution in [0, 0.1) is 11.8 Å². The van der Waals surface area contributed by atoms with E-state index in [1.807, 2.05) is 0 Å². The van der Waals surface area contributed by atoms with Crippen LogP contribution in [0.2, 0.25) is 0 Å². The van der Waals surface area contributed by atoms with Crippen LogP contribution in [0.1, 0.15) is 62.5 Å². The Labute approximate surface area is 427 Å². The molecule has 2 saturated heterocycles. The van der Waals surface area contributed by atoms with Gasteiger partial charge < -0.3 is 52.0 Å². The van der Waals surface area contributed by atoms with Crippen LogP contribution >= 0.6 is 23.5 Å². The fourth-order valence-corrected chi connectivity index (χ4v) is 9.27. The van der Waals surface area contributed by atoms with E-state index in [0.717, 1.165) is 23.5 Å². The maximum absolute atomic E-state index is 14.1. The topological polar surface area (TPSA) is 337 Å². The van der Waals surface area contributed by atoms with Gasteiger partial charge in [-0.05, 0) is 49.9 Å². The van der Waals surface area contributed by atoms with Crippen molar-refractivity contribution in [3.8, 4) is 0 Å². The number of nitrogens with zero attached hydrogens (tertiary/aromatic N) is 4. The zero-order valence-electron chi connectivity index (χ0n) is 40.6. The minimum absolute atomic E-state index is 0.112. The van der Waals surface area contributed by atoms with E-state index in [2.05, 4.69) is 62.5 Å². The highest BCUT2D eigenvalue weighted by Crippen LogP contribution is 2.18. The third-order valence-corrected chi connectivity index (χ3v) is 13.8. The largest absolute Gasteiger partial charge is 0.461 e. The molecule has 0 aliphatic carbocycles. The van der Waals surface area contributed by atoms with Crippen LogP contribution in [-0.2, 0) is 47.8 Å². The second-order valence-electron chi connectivity index (χ2n) is 17.7. The summed E-state index contributed by atoms with van der Waals surface area (Å²) in [5, 5.41) is 20.5. The summed E-state index contributed by atoms with van der Waals surface area (Å²) in [6, 6.07) is 1.91. The second kappa shape index (κ2) is 25.3. The van der Waals surface area contributed by atoms with Gasteiger partial charge in [-0.3, -0.25) is 48.3 Å². The van der Waals surface area contributed by atoms with E-state index in [1.165, 1.54) is 26.2 Å². The Morgan fingerprint density at radius 3 is 1.27 bits per heavy atom.